The van der Waals surface area contributed by atoms with Crippen LogP contribution in [0.15, 0.2) is 60.7 Å². The molecule has 0 aliphatic carbocycles. The van der Waals surface area contributed by atoms with E-state index in [-0.39, 0.29) is 12.3 Å². The molecule has 0 aromatic heterocycles. The lowest BCUT2D eigenvalue weighted by molar-refractivity contribution is -0.130. The fourth-order valence-electron chi connectivity index (χ4n) is 3.95. The summed E-state index contributed by atoms with van der Waals surface area (Å²) in [5.41, 5.74) is 1.81. The molecule has 1 atom stereocenters. The number of imide groups is 1. The van der Waals surface area contributed by atoms with Crippen LogP contribution in [-0.4, -0.2) is 29.2 Å². The molecule has 5 nitrogen and oxygen atoms in total. The monoisotopic (exact) mass is 386 g/mol. The number of nitrogens with zero attached hydrogens (tertiary/aromatic N) is 1. The summed E-state index contributed by atoms with van der Waals surface area (Å²) in [6.07, 6.45) is 0. The van der Waals surface area contributed by atoms with Gasteiger partial charge in [-0.25, -0.2) is 4.79 Å². The Morgan fingerprint density at radius 2 is 1.72 bits per heavy atom. The van der Waals surface area contributed by atoms with Crippen molar-refractivity contribution in [2.75, 3.05) is 6.54 Å². The molecule has 1 unspecified atom stereocenters. The van der Waals surface area contributed by atoms with Crippen LogP contribution in [0.2, 0.25) is 0 Å². The molecule has 3 amide bonds. The molecule has 5 heteroatoms. The lowest BCUT2D eigenvalue weighted by atomic mass is 9.87. The summed E-state index contributed by atoms with van der Waals surface area (Å²) in [6, 6.07) is 18.4. The molecular formula is C24H22N2O3. The maximum absolute atomic E-state index is 13.3. The van der Waals surface area contributed by atoms with Crippen LogP contribution in [-0.2, 0) is 10.3 Å². The van der Waals surface area contributed by atoms with E-state index in [1.165, 1.54) is 0 Å². The summed E-state index contributed by atoms with van der Waals surface area (Å²) in [7, 11) is 0. The average Bonchev–Trinajstić information content (AvgIpc) is 2.93. The predicted octanol–water partition coefficient (Wildman–Crippen LogP) is 4.11. The number of Topliss-reactive ketones (excluding diaryl/α,β-unsaturated/α-hetero) is 1. The number of amides is 3. The number of carbonyl (C=O) groups excluding carboxylic acids is 3. The summed E-state index contributed by atoms with van der Waals surface area (Å²) < 4.78 is 0. The molecule has 3 aromatic rings. The molecule has 0 radical (unpaired) electrons. The second-order valence-electron chi connectivity index (χ2n) is 7.71. The molecule has 0 bridgehead atoms. The van der Waals surface area contributed by atoms with Gasteiger partial charge in [0.1, 0.15) is 5.54 Å². The van der Waals surface area contributed by atoms with E-state index < -0.39 is 17.5 Å². The summed E-state index contributed by atoms with van der Waals surface area (Å²) >= 11 is 0. The summed E-state index contributed by atoms with van der Waals surface area (Å²) in [4.78, 5) is 39.8. The van der Waals surface area contributed by atoms with Gasteiger partial charge in [-0.05, 0) is 48.7 Å². The number of urea groups is 1. The van der Waals surface area contributed by atoms with Gasteiger partial charge in [-0.15, -0.1) is 0 Å². The summed E-state index contributed by atoms with van der Waals surface area (Å²) in [5.74, 6) is -0.672. The van der Waals surface area contributed by atoms with Gasteiger partial charge in [0.15, 0.2) is 5.78 Å². The minimum Gasteiger partial charge on any atom is -0.319 e. The van der Waals surface area contributed by atoms with Crippen LogP contribution in [0.1, 0.15) is 34.0 Å². The van der Waals surface area contributed by atoms with Crippen LogP contribution in [0.5, 0.6) is 0 Å². The number of rotatable bonds is 4. The van der Waals surface area contributed by atoms with E-state index in [2.05, 4.69) is 5.32 Å². The molecule has 0 spiro atoms. The first kappa shape index (κ1) is 18.9. The maximum atomic E-state index is 13.3. The van der Waals surface area contributed by atoms with Crippen molar-refractivity contribution in [3.05, 3.63) is 82.9 Å². The maximum Gasteiger partial charge on any atom is 0.325 e. The largest absolute Gasteiger partial charge is 0.325 e. The van der Waals surface area contributed by atoms with Gasteiger partial charge in [0.2, 0.25) is 0 Å². The molecule has 146 valence electrons. The third-order valence-corrected chi connectivity index (χ3v) is 5.60. The third-order valence-electron chi connectivity index (χ3n) is 5.60. The molecule has 1 N–H and O–H groups in total. The van der Waals surface area contributed by atoms with Crippen LogP contribution in [0.4, 0.5) is 4.79 Å². The van der Waals surface area contributed by atoms with E-state index in [0.29, 0.717) is 5.56 Å². The van der Waals surface area contributed by atoms with Crippen molar-refractivity contribution in [1.29, 1.82) is 0 Å². The highest BCUT2D eigenvalue weighted by Crippen LogP contribution is 2.34. The number of fused-ring (bicyclic) bond motifs is 1. The smallest absolute Gasteiger partial charge is 0.319 e. The number of carbonyl (C=O) groups is 3. The van der Waals surface area contributed by atoms with Crippen molar-refractivity contribution in [3.8, 4) is 0 Å². The van der Waals surface area contributed by atoms with Crippen LogP contribution in [0.3, 0.4) is 0 Å². The van der Waals surface area contributed by atoms with Gasteiger partial charge in [-0.1, -0.05) is 60.2 Å². The van der Waals surface area contributed by atoms with E-state index in [4.69, 9.17) is 0 Å². The third kappa shape index (κ3) is 3.09. The van der Waals surface area contributed by atoms with E-state index in [1.807, 2.05) is 68.4 Å². The normalized spacial score (nSPS) is 18.9. The lowest BCUT2D eigenvalue weighted by Crippen LogP contribution is -2.41. The molecule has 29 heavy (non-hydrogen) atoms. The van der Waals surface area contributed by atoms with E-state index in [9.17, 15) is 14.4 Å². The molecular weight excluding hydrogens is 364 g/mol. The van der Waals surface area contributed by atoms with E-state index >= 15 is 0 Å². The zero-order valence-corrected chi connectivity index (χ0v) is 16.7. The number of ketones is 1. The number of nitrogens with one attached hydrogen (secondary N) is 1. The number of benzene rings is 3. The van der Waals surface area contributed by atoms with Crippen molar-refractivity contribution in [3.63, 3.8) is 0 Å². The Morgan fingerprint density at radius 1 is 1.00 bits per heavy atom. The van der Waals surface area contributed by atoms with Crippen LogP contribution >= 0.6 is 0 Å². The quantitative estimate of drug-likeness (QED) is 0.542. The predicted molar refractivity (Wildman–Crippen MR) is 112 cm³/mol. The molecule has 3 aromatic carbocycles. The fourth-order valence-corrected chi connectivity index (χ4v) is 3.95. The molecule has 1 saturated heterocycles. The minimum atomic E-state index is -1.22. The molecule has 1 fully saturated rings. The Bertz CT molecular complexity index is 1160. The van der Waals surface area contributed by atoms with Gasteiger partial charge in [-0.2, -0.15) is 0 Å². The Morgan fingerprint density at radius 3 is 2.52 bits per heavy atom. The number of hydrogen-bond acceptors (Lipinski definition) is 3. The van der Waals surface area contributed by atoms with Crippen LogP contribution < -0.4 is 5.32 Å². The second kappa shape index (κ2) is 6.85. The van der Waals surface area contributed by atoms with Gasteiger partial charge >= 0.3 is 6.03 Å². The van der Waals surface area contributed by atoms with E-state index in [1.54, 1.807) is 13.0 Å². The fraction of sp³-hybridized carbons (Fsp3) is 0.208. The topological polar surface area (TPSA) is 66.5 Å². The first-order valence-corrected chi connectivity index (χ1v) is 9.54. The molecule has 0 saturated carbocycles. The SMILES string of the molecule is Cc1ccc(C)c(C(=O)CN2C(=O)NC(C)(c3cccc4ccccc34)C2=O)c1. The highest BCUT2D eigenvalue weighted by Gasteiger charge is 2.50. The highest BCUT2D eigenvalue weighted by molar-refractivity contribution is 6.12. The van der Waals surface area contributed by atoms with Crippen LogP contribution in [0, 0.1) is 13.8 Å². The summed E-state index contributed by atoms with van der Waals surface area (Å²) in [5, 5.41) is 4.69. The first-order valence-electron chi connectivity index (χ1n) is 9.54. The molecule has 1 aliphatic heterocycles. The number of hydrogen-bond donors (Lipinski definition) is 1. The van der Waals surface area contributed by atoms with Crippen molar-refractivity contribution >= 4 is 28.5 Å². The Balaban J connectivity index is 1.68. The van der Waals surface area contributed by atoms with Crippen molar-refractivity contribution in [2.45, 2.75) is 26.3 Å². The van der Waals surface area contributed by atoms with Gasteiger partial charge in [0.05, 0.1) is 6.54 Å². The average molecular weight is 386 g/mol. The van der Waals surface area contributed by atoms with Crippen molar-refractivity contribution in [1.82, 2.24) is 10.2 Å². The molecule has 1 heterocycles. The van der Waals surface area contributed by atoms with E-state index in [0.717, 1.165) is 32.4 Å². The number of aryl methyl sites for hydroxylation is 2. The van der Waals surface area contributed by atoms with Gasteiger partial charge < -0.3 is 5.32 Å². The Kier molecular flexibility index (Phi) is 4.46. The zero-order valence-electron chi connectivity index (χ0n) is 16.7. The zero-order chi connectivity index (χ0) is 20.8. The molecule has 4 rings (SSSR count). The standard InChI is InChI=1S/C24H22N2O3/c1-15-11-12-16(2)19(13-15)21(27)14-26-22(28)24(3,25-23(26)29)20-10-6-8-17-7-4-5-9-18(17)20/h4-13H,14H2,1-3H3,(H,25,29). The minimum absolute atomic E-state index is 0.253. The lowest BCUT2D eigenvalue weighted by Gasteiger charge is -2.24. The first-order chi connectivity index (χ1) is 13.8. The highest BCUT2D eigenvalue weighted by atomic mass is 16.2. The second-order valence-corrected chi connectivity index (χ2v) is 7.71. The molecule has 1 aliphatic rings. The Hall–Kier alpha value is -3.47. The van der Waals surface area contributed by atoms with Gasteiger partial charge in [0, 0.05) is 5.56 Å². The van der Waals surface area contributed by atoms with Gasteiger partial charge in [-0.3, -0.25) is 14.5 Å². The summed E-state index contributed by atoms with van der Waals surface area (Å²) in [6.45, 7) is 5.16. The van der Waals surface area contributed by atoms with Crippen LogP contribution in [0.25, 0.3) is 10.8 Å². The van der Waals surface area contributed by atoms with Crippen molar-refractivity contribution < 1.29 is 14.4 Å². The van der Waals surface area contributed by atoms with Crippen molar-refractivity contribution in [2.24, 2.45) is 0 Å². The Labute approximate surface area is 169 Å². The van der Waals surface area contributed by atoms with Gasteiger partial charge in [0.25, 0.3) is 5.91 Å².